The Morgan fingerprint density at radius 3 is 2.58 bits per heavy atom. The zero-order chi connectivity index (χ0) is 14.4. The van der Waals surface area contributed by atoms with Gasteiger partial charge in [0.25, 0.3) is 0 Å². The number of amides is 1. The molecule has 1 aliphatic rings. The molecule has 1 heterocycles. The van der Waals surface area contributed by atoms with E-state index in [1.165, 1.54) is 4.90 Å². The van der Waals surface area contributed by atoms with Crippen LogP contribution in [0.4, 0.5) is 0 Å². The van der Waals surface area contributed by atoms with Crippen molar-refractivity contribution in [2.75, 3.05) is 32.9 Å². The molecule has 0 aliphatic carbocycles. The van der Waals surface area contributed by atoms with Crippen molar-refractivity contribution in [2.24, 2.45) is 17.6 Å². The van der Waals surface area contributed by atoms with Crippen LogP contribution in [0.3, 0.4) is 0 Å². The predicted octanol–water partition coefficient (Wildman–Crippen LogP) is 0.00780. The van der Waals surface area contributed by atoms with E-state index < -0.39 is 0 Å². The third kappa shape index (κ3) is 4.80. The summed E-state index contributed by atoms with van der Waals surface area (Å²) in [5, 5.41) is 0. The molecule has 1 rings (SSSR count). The van der Waals surface area contributed by atoms with E-state index in [9.17, 15) is 9.59 Å². The molecular weight excluding hydrogens is 248 g/mol. The highest BCUT2D eigenvalue weighted by atomic mass is 16.5. The van der Waals surface area contributed by atoms with Gasteiger partial charge in [0.05, 0.1) is 25.7 Å². The number of esters is 1. The van der Waals surface area contributed by atoms with E-state index in [0.29, 0.717) is 26.4 Å². The Labute approximate surface area is 114 Å². The van der Waals surface area contributed by atoms with E-state index in [1.54, 1.807) is 6.92 Å². The second-order valence-electron chi connectivity index (χ2n) is 5.23. The van der Waals surface area contributed by atoms with Gasteiger partial charge in [-0.25, -0.2) is 0 Å². The first-order valence-electron chi connectivity index (χ1n) is 6.73. The zero-order valence-corrected chi connectivity index (χ0v) is 11.9. The SMILES string of the molecule is CCOC(=O)CN(CC(C)C)C(=O)C1COCC1N. The van der Waals surface area contributed by atoms with Gasteiger partial charge in [0.1, 0.15) is 6.54 Å². The largest absolute Gasteiger partial charge is 0.465 e. The van der Waals surface area contributed by atoms with Crippen LogP contribution >= 0.6 is 0 Å². The molecule has 0 aromatic carbocycles. The van der Waals surface area contributed by atoms with Crippen molar-refractivity contribution in [2.45, 2.75) is 26.8 Å². The van der Waals surface area contributed by atoms with Crippen LogP contribution in [0.25, 0.3) is 0 Å². The highest BCUT2D eigenvalue weighted by Crippen LogP contribution is 2.16. The van der Waals surface area contributed by atoms with Crippen LogP contribution in [-0.2, 0) is 19.1 Å². The Balaban J connectivity index is 2.66. The molecule has 19 heavy (non-hydrogen) atoms. The van der Waals surface area contributed by atoms with E-state index in [2.05, 4.69) is 0 Å². The standard InChI is InChI=1S/C13H24N2O4/c1-4-19-12(16)6-15(5-9(2)3)13(17)10-7-18-8-11(10)14/h9-11H,4-8,14H2,1-3H3. The molecule has 0 saturated carbocycles. The Kier molecular flexibility index (Phi) is 6.24. The van der Waals surface area contributed by atoms with E-state index in [1.807, 2.05) is 13.8 Å². The highest BCUT2D eigenvalue weighted by molar-refractivity contribution is 5.84. The third-order valence-corrected chi connectivity index (χ3v) is 2.96. The van der Waals surface area contributed by atoms with Crippen LogP contribution < -0.4 is 5.73 Å². The summed E-state index contributed by atoms with van der Waals surface area (Å²) in [6, 6.07) is -0.288. The molecular formula is C13H24N2O4. The molecule has 0 spiro atoms. The van der Waals surface area contributed by atoms with Gasteiger partial charge in [0.2, 0.25) is 5.91 Å². The maximum Gasteiger partial charge on any atom is 0.325 e. The first-order chi connectivity index (χ1) is 8.95. The minimum absolute atomic E-state index is 0.0198. The number of nitrogens with two attached hydrogens (primary N) is 1. The lowest BCUT2D eigenvalue weighted by atomic mass is 10.0. The van der Waals surface area contributed by atoms with Gasteiger partial charge in [-0.15, -0.1) is 0 Å². The number of carbonyl (C=O) groups excluding carboxylic acids is 2. The van der Waals surface area contributed by atoms with Crippen molar-refractivity contribution in [1.82, 2.24) is 4.90 Å². The lowest BCUT2D eigenvalue weighted by Crippen LogP contribution is -2.47. The highest BCUT2D eigenvalue weighted by Gasteiger charge is 2.35. The average molecular weight is 272 g/mol. The van der Waals surface area contributed by atoms with Crippen molar-refractivity contribution in [1.29, 1.82) is 0 Å². The molecule has 1 saturated heterocycles. The first kappa shape index (κ1) is 15.9. The second kappa shape index (κ2) is 7.45. The normalized spacial score (nSPS) is 22.6. The molecule has 6 heteroatoms. The fourth-order valence-corrected chi connectivity index (χ4v) is 2.10. The predicted molar refractivity (Wildman–Crippen MR) is 70.3 cm³/mol. The fourth-order valence-electron chi connectivity index (χ4n) is 2.10. The van der Waals surface area contributed by atoms with Gasteiger partial charge >= 0.3 is 5.97 Å². The minimum Gasteiger partial charge on any atom is -0.465 e. The van der Waals surface area contributed by atoms with Gasteiger partial charge in [-0.05, 0) is 12.8 Å². The number of rotatable bonds is 6. The molecule has 1 fully saturated rings. The monoisotopic (exact) mass is 272 g/mol. The molecule has 2 N–H and O–H groups in total. The Morgan fingerprint density at radius 1 is 1.42 bits per heavy atom. The summed E-state index contributed by atoms with van der Waals surface area (Å²) in [5.41, 5.74) is 5.85. The molecule has 6 nitrogen and oxygen atoms in total. The molecule has 0 bridgehead atoms. The van der Waals surface area contributed by atoms with Crippen LogP contribution in [0.2, 0.25) is 0 Å². The van der Waals surface area contributed by atoms with Gasteiger partial charge in [-0.2, -0.15) is 0 Å². The molecule has 0 radical (unpaired) electrons. The molecule has 0 aromatic rings. The molecule has 2 unspecified atom stereocenters. The van der Waals surface area contributed by atoms with Crippen molar-refractivity contribution in [3.05, 3.63) is 0 Å². The van der Waals surface area contributed by atoms with E-state index >= 15 is 0 Å². The molecule has 2 atom stereocenters. The van der Waals surface area contributed by atoms with Crippen LogP contribution in [0.5, 0.6) is 0 Å². The summed E-state index contributed by atoms with van der Waals surface area (Å²) < 4.78 is 10.1. The van der Waals surface area contributed by atoms with Crippen molar-refractivity contribution in [3.63, 3.8) is 0 Å². The smallest absolute Gasteiger partial charge is 0.325 e. The van der Waals surface area contributed by atoms with Crippen molar-refractivity contribution < 1.29 is 19.1 Å². The van der Waals surface area contributed by atoms with E-state index in [0.717, 1.165) is 0 Å². The maximum atomic E-state index is 12.4. The average Bonchev–Trinajstić information content (AvgIpc) is 2.73. The van der Waals surface area contributed by atoms with Gasteiger partial charge in [0, 0.05) is 12.6 Å². The lowest BCUT2D eigenvalue weighted by Gasteiger charge is -2.27. The fraction of sp³-hybridized carbons (Fsp3) is 0.846. The van der Waals surface area contributed by atoms with Crippen LogP contribution in [0.15, 0.2) is 0 Å². The third-order valence-electron chi connectivity index (χ3n) is 2.96. The van der Waals surface area contributed by atoms with E-state index in [4.69, 9.17) is 15.2 Å². The number of nitrogens with zero attached hydrogens (tertiary/aromatic N) is 1. The summed E-state index contributed by atoms with van der Waals surface area (Å²) >= 11 is 0. The molecule has 110 valence electrons. The van der Waals surface area contributed by atoms with Gasteiger partial charge in [-0.3, -0.25) is 9.59 Å². The van der Waals surface area contributed by atoms with Crippen molar-refractivity contribution >= 4 is 11.9 Å². The van der Waals surface area contributed by atoms with Crippen LogP contribution in [0, 0.1) is 11.8 Å². The molecule has 1 amide bonds. The van der Waals surface area contributed by atoms with Crippen molar-refractivity contribution in [3.8, 4) is 0 Å². The minimum atomic E-state index is -0.385. The second-order valence-corrected chi connectivity index (χ2v) is 5.23. The summed E-state index contributed by atoms with van der Waals surface area (Å²) in [6.45, 7) is 7.27. The van der Waals surface area contributed by atoms with Gasteiger partial charge in [0.15, 0.2) is 0 Å². The maximum absolute atomic E-state index is 12.4. The van der Waals surface area contributed by atoms with Gasteiger partial charge < -0.3 is 20.1 Å². The lowest BCUT2D eigenvalue weighted by molar-refractivity contribution is -0.150. The quantitative estimate of drug-likeness (QED) is 0.689. The number of hydrogen-bond donors (Lipinski definition) is 1. The zero-order valence-electron chi connectivity index (χ0n) is 11.9. The van der Waals surface area contributed by atoms with Crippen LogP contribution in [-0.4, -0.2) is 55.7 Å². The summed E-state index contributed by atoms with van der Waals surface area (Å²) in [5.74, 6) is -0.583. The van der Waals surface area contributed by atoms with Gasteiger partial charge in [-0.1, -0.05) is 13.8 Å². The molecule has 0 aromatic heterocycles. The number of hydrogen-bond acceptors (Lipinski definition) is 5. The Morgan fingerprint density at radius 2 is 2.11 bits per heavy atom. The summed E-state index contributed by atoms with van der Waals surface area (Å²) in [7, 11) is 0. The number of carbonyl (C=O) groups is 2. The Bertz CT molecular complexity index is 320. The Hall–Kier alpha value is -1.14. The summed E-state index contributed by atoms with van der Waals surface area (Å²) in [4.78, 5) is 25.5. The summed E-state index contributed by atoms with van der Waals surface area (Å²) in [6.07, 6.45) is 0. The van der Waals surface area contributed by atoms with E-state index in [-0.39, 0.29) is 36.3 Å². The molecule has 1 aliphatic heterocycles. The first-order valence-corrected chi connectivity index (χ1v) is 6.73. The van der Waals surface area contributed by atoms with Crippen LogP contribution in [0.1, 0.15) is 20.8 Å². The topological polar surface area (TPSA) is 81.9 Å². The number of ether oxygens (including phenoxy) is 2.